The number of benzene rings is 2. The molecule has 180 valence electrons. The van der Waals surface area contributed by atoms with E-state index in [-0.39, 0.29) is 33.6 Å². The van der Waals surface area contributed by atoms with E-state index in [1.807, 2.05) is 18.2 Å². The largest absolute Gasteiger partial charge is 0.497 e. The van der Waals surface area contributed by atoms with Gasteiger partial charge in [-0.1, -0.05) is 18.2 Å². The number of hydrogen-bond acceptors (Lipinski definition) is 7. The molecule has 0 aliphatic heterocycles. The molecular weight excluding hydrogens is 474 g/mol. The quantitative estimate of drug-likeness (QED) is 0.164. The number of aromatic amines is 1. The molecule has 0 aliphatic carbocycles. The predicted octanol–water partition coefficient (Wildman–Crippen LogP) is 4.84. The number of thioether (sulfide) groups is 1. The lowest BCUT2D eigenvalue weighted by Gasteiger charge is -2.16. The molecule has 0 atom stereocenters. The number of carbonyl (C=O) groups excluding carboxylic acids is 1. The third-order valence-electron chi connectivity index (χ3n) is 5.26. The second-order valence-electron chi connectivity index (χ2n) is 7.48. The topological polar surface area (TPSA) is 96.1 Å². The minimum atomic E-state index is -0.932. The van der Waals surface area contributed by atoms with Crippen LogP contribution in [0, 0.1) is 11.6 Å². The van der Waals surface area contributed by atoms with Crippen LogP contribution >= 0.6 is 11.8 Å². The van der Waals surface area contributed by atoms with E-state index in [1.54, 1.807) is 37.6 Å². The van der Waals surface area contributed by atoms with Crippen LogP contribution in [0.3, 0.4) is 0 Å². The maximum atomic E-state index is 15.6. The first kappa shape index (κ1) is 24.2. The molecule has 2 aromatic carbocycles. The summed E-state index contributed by atoms with van der Waals surface area (Å²) < 4.78 is 36.1. The lowest BCUT2D eigenvalue weighted by atomic mass is 10.1. The molecule has 0 amide bonds. The van der Waals surface area contributed by atoms with Gasteiger partial charge in [0.15, 0.2) is 17.9 Å². The van der Waals surface area contributed by atoms with Crippen molar-refractivity contribution in [1.82, 2.24) is 9.97 Å². The van der Waals surface area contributed by atoms with Gasteiger partial charge in [0.25, 0.3) is 0 Å². The second-order valence-corrected chi connectivity index (χ2v) is 8.46. The van der Waals surface area contributed by atoms with E-state index in [0.717, 1.165) is 23.5 Å². The fourth-order valence-corrected chi connectivity index (χ4v) is 4.55. The van der Waals surface area contributed by atoms with Gasteiger partial charge in [-0.25, -0.2) is 13.8 Å². The number of fused-ring (bicyclic) bond motifs is 1. The molecule has 2 aromatic heterocycles. The summed E-state index contributed by atoms with van der Waals surface area (Å²) in [6.07, 6.45) is 3.12. The SMILES string of the molecule is COc1ccc(CSc2c(F)c(NCCNc3ccccn3)c(F)c3[nH]cc(C=O)c(=O)c23)cc1. The highest BCUT2D eigenvalue weighted by Crippen LogP contribution is 2.37. The van der Waals surface area contributed by atoms with Crippen molar-refractivity contribution in [2.45, 2.75) is 10.6 Å². The number of methoxy groups -OCH3 is 1. The maximum Gasteiger partial charge on any atom is 0.201 e. The molecule has 4 rings (SSSR count). The lowest BCUT2D eigenvalue weighted by molar-refractivity contribution is 0.112. The zero-order valence-electron chi connectivity index (χ0n) is 18.7. The number of pyridine rings is 2. The van der Waals surface area contributed by atoms with E-state index < -0.39 is 17.1 Å². The van der Waals surface area contributed by atoms with E-state index in [4.69, 9.17) is 4.74 Å². The van der Waals surface area contributed by atoms with Crippen molar-refractivity contribution >= 4 is 40.5 Å². The number of H-pyrrole nitrogens is 1. The standard InChI is InChI=1S/C25H22F2N4O3S/c1-34-17-7-5-15(6-8-17)14-35-25-19-22(31-12-16(13-32)24(19)33)20(26)23(21(25)27)30-11-10-29-18-4-2-3-9-28-18/h2-9,12-13,30H,10-11,14H2,1H3,(H,28,29)(H,31,33). The van der Waals surface area contributed by atoms with Gasteiger partial charge < -0.3 is 20.4 Å². The number of ether oxygens (including phenoxy) is 1. The van der Waals surface area contributed by atoms with Crippen LogP contribution in [-0.4, -0.2) is 36.5 Å². The van der Waals surface area contributed by atoms with Gasteiger partial charge in [0, 0.05) is 31.2 Å². The summed E-state index contributed by atoms with van der Waals surface area (Å²) >= 11 is 1.05. The van der Waals surface area contributed by atoms with Gasteiger partial charge in [-0.05, 0) is 29.8 Å². The zero-order valence-corrected chi connectivity index (χ0v) is 19.5. The molecule has 10 heteroatoms. The predicted molar refractivity (Wildman–Crippen MR) is 134 cm³/mol. The molecule has 0 spiro atoms. The van der Waals surface area contributed by atoms with Crippen molar-refractivity contribution in [3.63, 3.8) is 0 Å². The van der Waals surface area contributed by atoms with Crippen LogP contribution in [0.5, 0.6) is 5.75 Å². The Kier molecular flexibility index (Phi) is 7.61. The highest BCUT2D eigenvalue weighted by atomic mass is 32.2. The van der Waals surface area contributed by atoms with Crippen LogP contribution in [0.25, 0.3) is 10.9 Å². The van der Waals surface area contributed by atoms with Crippen LogP contribution in [0.1, 0.15) is 15.9 Å². The van der Waals surface area contributed by atoms with E-state index in [9.17, 15) is 9.59 Å². The van der Waals surface area contributed by atoms with E-state index >= 15 is 8.78 Å². The third-order valence-corrected chi connectivity index (χ3v) is 6.41. The Morgan fingerprint density at radius 3 is 2.54 bits per heavy atom. The molecule has 0 bridgehead atoms. The van der Waals surface area contributed by atoms with Crippen molar-refractivity contribution < 1.29 is 18.3 Å². The van der Waals surface area contributed by atoms with Crippen LogP contribution in [0.4, 0.5) is 20.3 Å². The van der Waals surface area contributed by atoms with E-state index in [2.05, 4.69) is 20.6 Å². The van der Waals surface area contributed by atoms with Crippen molar-refractivity contribution in [3.8, 4) is 5.75 Å². The molecule has 35 heavy (non-hydrogen) atoms. The second kappa shape index (κ2) is 11.0. The Labute approximate surface area is 203 Å². The van der Waals surface area contributed by atoms with Gasteiger partial charge in [-0.15, -0.1) is 11.8 Å². The van der Waals surface area contributed by atoms with Crippen molar-refractivity contribution in [1.29, 1.82) is 0 Å². The highest BCUT2D eigenvalue weighted by molar-refractivity contribution is 7.98. The van der Waals surface area contributed by atoms with Crippen molar-refractivity contribution in [3.05, 3.63) is 87.8 Å². The zero-order chi connectivity index (χ0) is 24.8. The fourth-order valence-electron chi connectivity index (χ4n) is 3.48. The molecule has 0 unspecified atom stereocenters. The van der Waals surface area contributed by atoms with Crippen molar-refractivity contribution in [2.24, 2.45) is 0 Å². The van der Waals surface area contributed by atoms with Crippen molar-refractivity contribution in [2.75, 3.05) is 30.8 Å². The molecule has 3 N–H and O–H groups in total. The Morgan fingerprint density at radius 2 is 1.86 bits per heavy atom. The minimum absolute atomic E-state index is 0.0395. The normalized spacial score (nSPS) is 10.8. The Balaban J connectivity index is 1.66. The summed E-state index contributed by atoms with van der Waals surface area (Å²) in [6.45, 7) is 0.540. The van der Waals surface area contributed by atoms with Crippen LogP contribution in [-0.2, 0) is 5.75 Å². The number of anilines is 2. The summed E-state index contributed by atoms with van der Waals surface area (Å²) in [6, 6.07) is 12.6. The number of nitrogens with one attached hydrogen (secondary N) is 3. The molecule has 4 aromatic rings. The number of aldehydes is 1. The monoisotopic (exact) mass is 496 g/mol. The average Bonchev–Trinajstić information content (AvgIpc) is 2.89. The molecule has 0 saturated carbocycles. The van der Waals surface area contributed by atoms with Gasteiger partial charge in [-0.3, -0.25) is 9.59 Å². The molecule has 0 aliphatic rings. The Morgan fingerprint density at radius 1 is 1.09 bits per heavy atom. The summed E-state index contributed by atoms with van der Waals surface area (Å²) in [5.74, 6) is -0.198. The van der Waals surface area contributed by atoms with Gasteiger partial charge in [0.2, 0.25) is 5.43 Å². The molecule has 2 heterocycles. The number of hydrogen-bond donors (Lipinski definition) is 3. The summed E-state index contributed by atoms with van der Waals surface area (Å²) in [5, 5.41) is 5.64. The first-order chi connectivity index (χ1) is 17.0. The molecule has 0 fully saturated rings. The lowest BCUT2D eigenvalue weighted by Crippen LogP contribution is -2.18. The maximum absolute atomic E-state index is 15.6. The molecular formula is C25H22F2N4O3S. The first-order valence-corrected chi connectivity index (χ1v) is 11.7. The van der Waals surface area contributed by atoms with Crippen LogP contribution in [0.15, 0.2) is 64.5 Å². The van der Waals surface area contributed by atoms with Gasteiger partial charge >= 0.3 is 0 Å². The first-order valence-electron chi connectivity index (χ1n) is 10.7. The summed E-state index contributed by atoms with van der Waals surface area (Å²) in [4.78, 5) is 30.9. The van der Waals surface area contributed by atoms with Crippen LogP contribution < -0.4 is 20.8 Å². The number of carbonyl (C=O) groups is 1. The average molecular weight is 497 g/mol. The van der Waals surface area contributed by atoms with Gasteiger partial charge in [-0.2, -0.15) is 0 Å². The smallest absolute Gasteiger partial charge is 0.201 e. The fraction of sp³-hybridized carbons (Fsp3) is 0.160. The Bertz CT molecular complexity index is 1400. The van der Waals surface area contributed by atoms with E-state index in [0.29, 0.717) is 30.2 Å². The molecule has 0 radical (unpaired) electrons. The highest BCUT2D eigenvalue weighted by Gasteiger charge is 2.23. The summed E-state index contributed by atoms with van der Waals surface area (Å²) in [7, 11) is 1.56. The number of aromatic nitrogens is 2. The van der Waals surface area contributed by atoms with E-state index in [1.165, 1.54) is 0 Å². The molecule has 7 nitrogen and oxygen atoms in total. The number of rotatable bonds is 10. The summed E-state index contributed by atoms with van der Waals surface area (Å²) in [5.41, 5.74) is -0.605. The van der Waals surface area contributed by atoms with Crippen LogP contribution in [0.2, 0.25) is 0 Å². The number of halogens is 2. The Hall–Kier alpha value is -3.92. The third kappa shape index (κ3) is 5.27. The number of nitrogens with zero attached hydrogens (tertiary/aromatic N) is 1. The van der Waals surface area contributed by atoms with Gasteiger partial charge in [0.05, 0.1) is 28.5 Å². The minimum Gasteiger partial charge on any atom is -0.497 e. The molecule has 0 saturated heterocycles. The van der Waals surface area contributed by atoms with Gasteiger partial charge in [0.1, 0.15) is 17.3 Å².